The smallest absolute Gasteiger partial charge is 0.306 e. The first-order valence-electron chi connectivity index (χ1n) is 6.88. The number of Topliss-reactive ketones (excluding diaryl/α,β-unsaturated/α-hetero) is 1. The van der Waals surface area contributed by atoms with E-state index in [0.717, 1.165) is 11.8 Å². The van der Waals surface area contributed by atoms with Gasteiger partial charge in [0.15, 0.2) is 0 Å². The molecular formula is C16H12O6S. The highest BCUT2D eigenvalue weighted by atomic mass is 32.2. The van der Waals surface area contributed by atoms with E-state index in [4.69, 9.17) is 13.7 Å². The zero-order valence-electron chi connectivity index (χ0n) is 12.1. The van der Waals surface area contributed by atoms with Crippen molar-refractivity contribution in [2.75, 3.05) is 6.26 Å². The van der Waals surface area contributed by atoms with Crippen molar-refractivity contribution in [1.82, 2.24) is 0 Å². The van der Waals surface area contributed by atoms with Crippen molar-refractivity contribution in [3.63, 3.8) is 0 Å². The van der Waals surface area contributed by atoms with Crippen molar-refractivity contribution in [3.8, 4) is 11.5 Å². The SMILES string of the molecule is CS(=O)(=O)Oc1ccc2c(c1)O[C@H]1O[C@@]1(c1ccccc1)C2=O. The van der Waals surface area contributed by atoms with Gasteiger partial charge in [0.1, 0.15) is 11.5 Å². The average molecular weight is 332 g/mol. The summed E-state index contributed by atoms with van der Waals surface area (Å²) < 4.78 is 38.4. The first-order chi connectivity index (χ1) is 10.9. The Balaban J connectivity index is 1.73. The molecule has 0 bridgehead atoms. The Bertz CT molecular complexity index is 905. The molecule has 7 heteroatoms. The van der Waals surface area contributed by atoms with Gasteiger partial charge in [-0.3, -0.25) is 4.79 Å². The Kier molecular flexibility index (Phi) is 2.82. The van der Waals surface area contributed by atoms with Gasteiger partial charge in [-0.25, -0.2) is 0 Å². The van der Waals surface area contributed by atoms with Crippen molar-refractivity contribution < 1.29 is 26.9 Å². The van der Waals surface area contributed by atoms with Gasteiger partial charge in [-0.05, 0) is 17.7 Å². The first-order valence-corrected chi connectivity index (χ1v) is 8.70. The van der Waals surface area contributed by atoms with Crippen LogP contribution in [0, 0.1) is 0 Å². The molecule has 2 aromatic carbocycles. The fraction of sp³-hybridized carbons (Fsp3) is 0.188. The molecule has 23 heavy (non-hydrogen) atoms. The maximum absolute atomic E-state index is 12.8. The minimum atomic E-state index is -3.65. The van der Waals surface area contributed by atoms with Crippen molar-refractivity contribution in [2.45, 2.75) is 11.9 Å². The molecule has 2 atom stereocenters. The Morgan fingerprint density at radius 3 is 2.57 bits per heavy atom. The van der Waals surface area contributed by atoms with Crippen LogP contribution in [0.1, 0.15) is 15.9 Å². The van der Waals surface area contributed by atoms with E-state index in [0.29, 0.717) is 5.56 Å². The normalized spacial score (nSPS) is 25.1. The lowest BCUT2D eigenvalue weighted by molar-refractivity contribution is 0.0863. The van der Waals surface area contributed by atoms with Crippen LogP contribution < -0.4 is 8.92 Å². The Morgan fingerprint density at radius 2 is 1.87 bits per heavy atom. The number of carbonyl (C=O) groups is 1. The summed E-state index contributed by atoms with van der Waals surface area (Å²) in [5, 5.41) is 0. The Labute approximate surface area is 132 Å². The summed E-state index contributed by atoms with van der Waals surface area (Å²) in [7, 11) is -3.65. The van der Waals surface area contributed by atoms with E-state index in [-0.39, 0.29) is 17.3 Å². The Morgan fingerprint density at radius 1 is 1.13 bits per heavy atom. The van der Waals surface area contributed by atoms with E-state index in [1.54, 1.807) is 0 Å². The molecular weight excluding hydrogens is 320 g/mol. The molecule has 2 heterocycles. The molecule has 0 amide bonds. The highest BCUT2D eigenvalue weighted by molar-refractivity contribution is 7.86. The number of hydrogen-bond acceptors (Lipinski definition) is 6. The summed E-state index contributed by atoms with van der Waals surface area (Å²) in [4.78, 5) is 12.8. The second-order valence-electron chi connectivity index (χ2n) is 5.44. The van der Waals surface area contributed by atoms with Crippen LogP contribution in [0.3, 0.4) is 0 Å². The zero-order chi connectivity index (χ0) is 16.2. The predicted octanol–water partition coefficient (Wildman–Crippen LogP) is 1.85. The average Bonchev–Trinajstić information content (AvgIpc) is 3.22. The van der Waals surface area contributed by atoms with Crippen LogP contribution in [-0.2, 0) is 20.5 Å². The molecule has 6 nitrogen and oxygen atoms in total. The summed E-state index contributed by atoms with van der Waals surface area (Å²) in [5.41, 5.74) is -0.0337. The molecule has 0 spiro atoms. The van der Waals surface area contributed by atoms with Crippen LogP contribution >= 0.6 is 0 Å². The van der Waals surface area contributed by atoms with Crippen LogP contribution in [0.25, 0.3) is 0 Å². The van der Waals surface area contributed by atoms with E-state index in [9.17, 15) is 13.2 Å². The molecule has 1 fully saturated rings. The van der Waals surface area contributed by atoms with Gasteiger partial charge < -0.3 is 13.7 Å². The third-order valence-electron chi connectivity index (χ3n) is 3.79. The minimum Gasteiger partial charge on any atom is -0.460 e. The molecule has 118 valence electrons. The maximum Gasteiger partial charge on any atom is 0.306 e. The van der Waals surface area contributed by atoms with E-state index >= 15 is 0 Å². The third-order valence-corrected chi connectivity index (χ3v) is 4.28. The number of epoxide rings is 1. The molecule has 0 aromatic heterocycles. The Hall–Kier alpha value is -2.38. The molecule has 0 saturated carbocycles. The van der Waals surface area contributed by atoms with Crippen LogP contribution in [0.15, 0.2) is 48.5 Å². The van der Waals surface area contributed by atoms with Gasteiger partial charge in [-0.2, -0.15) is 8.42 Å². The minimum absolute atomic E-state index is 0.0897. The number of fused-ring (bicyclic) bond motifs is 2. The molecule has 2 aromatic rings. The monoisotopic (exact) mass is 332 g/mol. The van der Waals surface area contributed by atoms with Crippen LogP contribution in [0.2, 0.25) is 0 Å². The number of ether oxygens (including phenoxy) is 2. The van der Waals surface area contributed by atoms with Crippen molar-refractivity contribution in [2.24, 2.45) is 0 Å². The summed E-state index contributed by atoms with van der Waals surface area (Å²) in [6.07, 6.45) is 0.237. The molecule has 2 aliphatic heterocycles. The van der Waals surface area contributed by atoms with Gasteiger partial charge in [0.25, 0.3) is 0 Å². The largest absolute Gasteiger partial charge is 0.460 e. The number of rotatable bonds is 3. The first kappa shape index (κ1) is 14.2. The van der Waals surface area contributed by atoms with Gasteiger partial charge >= 0.3 is 10.1 Å². The van der Waals surface area contributed by atoms with E-state index in [2.05, 4.69) is 0 Å². The second-order valence-corrected chi connectivity index (χ2v) is 7.02. The summed E-state index contributed by atoms with van der Waals surface area (Å²) in [5.74, 6) is 0.137. The fourth-order valence-corrected chi connectivity index (χ4v) is 3.21. The lowest BCUT2D eigenvalue weighted by Crippen LogP contribution is -2.31. The van der Waals surface area contributed by atoms with Crippen LogP contribution in [0.5, 0.6) is 11.5 Å². The lowest BCUT2D eigenvalue weighted by atomic mass is 9.88. The van der Waals surface area contributed by atoms with Crippen LogP contribution in [0.4, 0.5) is 0 Å². The topological polar surface area (TPSA) is 82.2 Å². The molecule has 0 aliphatic carbocycles. The molecule has 1 saturated heterocycles. The van der Waals surface area contributed by atoms with E-state index in [1.165, 1.54) is 18.2 Å². The second kappa shape index (κ2) is 4.56. The highest BCUT2D eigenvalue weighted by Gasteiger charge is 2.68. The standard InChI is InChI=1S/C16H12O6S/c1-23(18,19)22-11-7-8-12-13(9-11)20-15-16(21-15,14(12)17)10-5-3-2-4-6-10/h2-9,15H,1H3/t15-,16-/m0/s1. The lowest BCUT2D eigenvalue weighted by Gasteiger charge is -2.20. The highest BCUT2D eigenvalue weighted by Crippen LogP contribution is 2.54. The van der Waals surface area contributed by atoms with Gasteiger partial charge in [0, 0.05) is 6.07 Å². The maximum atomic E-state index is 12.8. The molecule has 0 radical (unpaired) electrons. The van der Waals surface area contributed by atoms with Crippen LogP contribution in [-0.4, -0.2) is 26.7 Å². The number of hydrogen-bond donors (Lipinski definition) is 0. The fourth-order valence-electron chi connectivity index (χ4n) is 2.75. The van der Waals surface area contributed by atoms with E-state index in [1.807, 2.05) is 30.3 Å². The van der Waals surface area contributed by atoms with Crippen molar-refractivity contribution in [3.05, 3.63) is 59.7 Å². The quantitative estimate of drug-likeness (QED) is 0.630. The zero-order valence-corrected chi connectivity index (χ0v) is 12.9. The van der Waals surface area contributed by atoms with Gasteiger partial charge in [-0.15, -0.1) is 0 Å². The van der Waals surface area contributed by atoms with E-state index < -0.39 is 22.0 Å². The van der Waals surface area contributed by atoms with Crippen molar-refractivity contribution >= 4 is 15.9 Å². The molecule has 0 N–H and O–H groups in total. The molecule has 0 unspecified atom stereocenters. The van der Waals surface area contributed by atoms with Gasteiger partial charge in [0.05, 0.1) is 11.8 Å². The molecule has 4 rings (SSSR count). The summed E-state index contributed by atoms with van der Waals surface area (Å²) in [6, 6.07) is 13.4. The van der Waals surface area contributed by atoms with Crippen molar-refractivity contribution in [1.29, 1.82) is 0 Å². The summed E-state index contributed by atoms with van der Waals surface area (Å²) >= 11 is 0. The number of carbonyl (C=O) groups excluding carboxylic acids is 1. The summed E-state index contributed by atoms with van der Waals surface area (Å²) in [6.45, 7) is 0. The number of benzene rings is 2. The van der Waals surface area contributed by atoms with Gasteiger partial charge in [0.2, 0.25) is 17.7 Å². The number of ketones is 1. The predicted molar refractivity (Wildman–Crippen MR) is 79.9 cm³/mol. The molecule has 2 aliphatic rings. The third kappa shape index (κ3) is 2.20. The van der Waals surface area contributed by atoms with Gasteiger partial charge in [-0.1, -0.05) is 30.3 Å².